The third-order valence-electron chi connectivity index (χ3n) is 3.91. The van der Waals surface area contributed by atoms with Gasteiger partial charge in [-0.25, -0.2) is 0 Å². The standard InChI is InChI=1S/C12H24O/c1-9(2)11-5-7-12(13,8-6-11)10(3)4/h9-11,13H,5-8H2,1-4H3. The average Bonchev–Trinajstić information content (AvgIpc) is 2.04. The number of rotatable bonds is 2. The molecule has 13 heavy (non-hydrogen) atoms. The molecule has 0 heterocycles. The zero-order chi connectivity index (χ0) is 10.1. The summed E-state index contributed by atoms with van der Waals surface area (Å²) in [6, 6.07) is 0. The molecule has 0 spiro atoms. The quantitative estimate of drug-likeness (QED) is 0.698. The van der Waals surface area contributed by atoms with Gasteiger partial charge in [-0.15, -0.1) is 0 Å². The molecular formula is C12H24O. The summed E-state index contributed by atoms with van der Waals surface area (Å²) in [5.41, 5.74) is -0.356. The van der Waals surface area contributed by atoms with Gasteiger partial charge in [0.1, 0.15) is 0 Å². The lowest BCUT2D eigenvalue weighted by Crippen LogP contribution is -2.39. The normalized spacial score (nSPS) is 35.8. The fraction of sp³-hybridized carbons (Fsp3) is 1.00. The zero-order valence-corrected chi connectivity index (χ0v) is 9.51. The maximum Gasteiger partial charge on any atom is 0.0670 e. The number of hydrogen-bond donors (Lipinski definition) is 1. The van der Waals surface area contributed by atoms with E-state index in [0.717, 1.165) is 24.7 Å². The van der Waals surface area contributed by atoms with E-state index in [-0.39, 0.29) is 5.60 Å². The molecule has 0 atom stereocenters. The molecule has 0 aromatic rings. The van der Waals surface area contributed by atoms with Gasteiger partial charge in [-0.05, 0) is 43.4 Å². The van der Waals surface area contributed by atoms with E-state index >= 15 is 0 Å². The van der Waals surface area contributed by atoms with Crippen LogP contribution in [-0.4, -0.2) is 10.7 Å². The maximum atomic E-state index is 10.2. The smallest absolute Gasteiger partial charge is 0.0670 e. The lowest BCUT2D eigenvalue weighted by molar-refractivity contribution is -0.0521. The van der Waals surface area contributed by atoms with Gasteiger partial charge in [-0.1, -0.05) is 27.7 Å². The van der Waals surface area contributed by atoms with Gasteiger partial charge >= 0.3 is 0 Å². The SMILES string of the molecule is CC(C)C1CCC(O)(C(C)C)CC1. The van der Waals surface area contributed by atoms with Gasteiger partial charge in [0, 0.05) is 0 Å². The van der Waals surface area contributed by atoms with Gasteiger partial charge in [-0.2, -0.15) is 0 Å². The van der Waals surface area contributed by atoms with Crippen LogP contribution in [0.3, 0.4) is 0 Å². The van der Waals surface area contributed by atoms with Crippen molar-refractivity contribution < 1.29 is 5.11 Å². The van der Waals surface area contributed by atoms with Gasteiger partial charge in [0.2, 0.25) is 0 Å². The molecule has 1 aliphatic carbocycles. The predicted molar refractivity (Wildman–Crippen MR) is 56.6 cm³/mol. The minimum absolute atomic E-state index is 0.356. The minimum atomic E-state index is -0.356. The van der Waals surface area contributed by atoms with E-state index in [1.54, 1.807) is 0 Å². The first-order valence-corrected chi connectivity index (χ1v) is 5.68. The summed E-state index contributed by atoms with van der Waals surface area (Å²) >= 11 is 0. The van der Waals surface area contributed by atoms with Crippen LogP contribution >= 0.6 is 0 Å². The van der Waals surface area contributed by atoms with Crippen LogP contribution in [0.4, 0.5) is 0 Å². The first-order valence-electron chi connectivity index (χ1n) is 5.68. The van der Waals surface area contributed by atoms with Crippen molar-refractivity contribution in [3.63, 3.8) is 0 Å². The summed E-state index contributed by atoms with van der Waals surface area (Å²) < 4.78 is 0. The fourth-order valence-electron chi connectivity index (χ4n) is 2.38. The molecule has 0 radical (unpaired) electrons. The van der Waals surface area contributed by atoms with Gasteiger partial charge < -0.3 is 5.11 Å². The second-order valence-corrected chi connectivity index (χ2v) is 5.34. The second kappa shape index (κ2) is 4.00. The first kappa shape index (κ1) is 11.0. The van der Waals surface area contributed by atoms with Crippen LogP contribution in [-0.2, 0) is 0 Å². The van der Waals surface area contributed by atoms with E-state index in [4.69, 9.17) is 0 Å². The average molecular weight is 184 g/mol. The van der Waals surface area contributed by atoms with Crippen LogP contribution < -0.4 is 0 Å². The molecule has 1 saturated carbocycles. The second-order valence-electron chi connectivity index (χ2n) is 5.34. The monoisotopic (exact) mass is 184 g/mol. The molecule has 0 aromatic heterocycles. The molecule has 0 unspecified atom stereocenters. The van der Waals surface area contributed by atoms with Crippen molar-refractivity contribution in [2.45, 2.75) is 59.0 Å². The van der Waals surface area contributed by atoms with Crippen molar-refractivity contribution in [2.75, 3.05) is 0 Å². The Kier molecular flexibility index (Phi) is 3.39. The van der Waals surface area contributed by atoms with E-state index in [1.165, 1.54) is 12.8 Å². The van der Waals surface area contributed by atoms with Crippen molar-refractivity contribution in [1.29, 1.82) is 0 Å². The van der Waals surface area contributed by atoms with Gasteiger partial charge in [0.05, 0.1) is 5.60 Å². The van der Waals surface area contributed by atoms with E-state index in [9.17, 15) is 5.11 Å². The van der Waals surface area contributed by atoms with Crippen LogP contribution in [0, 0.1) is 17.8 Å². The Hall–Kier alpha value is -0.0400. The van der Waals surface area contributed by atoms with Crippen LogP contribution in [0.2, 0.25) is 0 Å². The first-order chi connectivity index (χ1) is 5.96. The zero-order valence-electron chi connectivity index (χ0n) is 9.51. The molecule has 1 aliphatic rings. The summed E-state index contributed by atoms with van der Waals surface area (Å²) in [5, 5.41) is 10.2. The number of hydrogen-bond acceptors (Lipinski definition) is 1. The van der Waals surface area contributed by atoms with Crippen molar-refractivity contribution in [3.8, 4) is 0 Å². The van der Waals surface area contributed by atoms with Crippen LogP contribution in [0.15, 0.2) is 0 Å². The van der Waals surface area contributed by atoms with Crippen molar-refractivity contribution in [1.82, 2.24) is 0 Å². The van der Waals surface area contributed by atoms with E-state index in [0.29, 0.717) is 5.92 Å². The van der Waals surface area contributed by atoms with E-state index in [1.807, 2.05) is 0 Å². The van der Waals surface area contributed by atoms with Gasteiger partial charge in [-0.3, -0.25) is 0 Å². The van der Waals surface area contributed by atoms with Crippen molar-refractivity contribution >= 4 is 0 Å². The Labute approximate surface area is 82.5 Å². The molecule has 78 valence electrons. The fourth-order valence-corrected chi connectivity index (χ4v) is 2.38. The Balaban J connectivity index is 2.47. The lowest BCUT2D eigenvalue weighted by atomic mass is 9.70. The lowest BCUT2D eigenvalue weighted by Gasteiger charge is -2.40. The Morgan fingerprint density at radius 2 is 1.54 bits per heavy atom. The summed E-state index contributed by atoms with van der Waals surface area (Å²) in [5.74, 6) is 2.05. The maximum absolute atomic E-state index is 10.2. The summed E-state index contributed by atoms with van der Waals surface area (Å²) in [4.78, 5) is 0. The summed E-state index contributed by atoms with van der Waals surface area (Å²) in [7, 11) is 0. The molecule has 1 N–H and O–H groups in total. The van der Waals surface area contributed by atoms with Crippen LogP contribution in [0.1, 0.15) is 53.4 Å². The predicted octanol–water partition coefficient (Wildman–Crippen LogP) is 3.22. The largest absolute Gasteiger partial charge is 0.390 e. The molecule has 1 nitrogen and oxygen atoms in total. The van der Waals surface area contributed by atoms with E-state index < -0.39 is 0 Å². The molecule has 0 saturated heterocycles. The third kappa shape index (κ3) is 2.46. The molecule has 1 fully saturated rings. The molecule has 0 aliphatic heterocycles. The van der Waals surface area contributed by atoms with Crippen molar-refractivity contribution in [3.05, 3.63) is 0 Å². The molecule has 0 bridgehead atoms. The third-order valence-corrected chi connectivity index (χ3v) is 3.91. The Morgan fingerprint density at radius 1 is 1.08 bits per heavy atom. The highest BCUT2D eigenvalue weighted by Gasteiger charge is 2.36. The topological polar surface area (TPSA) is 20.2 Å². The van der Waals surface area contributed by atoms with Crippen LogP contribution in [0.25, 0.3) is 0 Å². The van der Waals surface area contributed by atoms with Crippen LogP contribution in [0.5, 0.6) is 0 Å². The molecule has 0 amide bonds. The van der Waals surface area contributed by atoms with E-state index in [2.05, 4.69) is 27.7 Å². The van der Waals surface area contributed by atoms with Crippen molar-refractivity contribution in [2.24, 2.45) is 17.8 Å². The molecule has 1 heteroatoms. The molecular weight excluding hydrogens is 160 g/mol. The highest BCUT2D eigenvalue weighted by Crippen LogP contribution is 2.39. The molecule has 1 rings (SSSR count). The number of aliphatic hydroxyl groups is 1. The summed E-state index contributed by atoms with van der Waals surface area (Å²) in [6.45, 7) is 8.86. The summed E-state index contributed by atoms with van der Waals surface area (Å²) in [6.07, 6.45) is 4.44. The van der Waals surface area contributed by atoms with Gasteiger partial charge in [0.15, 0.2) is 0 Å². The highest BCUT2D eigenvalue weighted by molar-refractivity contribution is 4.88. The van der Waals surface area contributed by atoms with Gasteiger partial charge in [0.25, 0.3) is 0 Å². The minimum Gasteiger partial charge on any atom is -0.390 e. The molecule has 0 aromatic carbocycles. The highest BCUT2D eigenvalue weighted by atomic mass is 16.3. The Bertz CT molecular complexity index is 153. The Morgan fingerprint density at radius 3 is 1.85 bits per heavy atom.